The van der Waals surface area contributed by atoms with Crippen molar-refractivity contribution in [2.45, 2.75) is 57.9 Å². The number of carbonyl (C=O) groups excluding carboxylic acids is 2. The summed E-state index contributed by atoms with van der Waals surface area (Å²) in [5.41, 5.74) is 3.63. The summed E-state index contributed by atoms with van der Waals surface area (Å²) in [5, 5.41) is 2.84. The first-order chi connectivity index (χ1) is 13.9. The predicted octanol–water partition coefficient (Wildman–Crippen LogP) is 3.77. The van der Waals surface area contributed by atoms with Crippen LogP contribution in [0.1, 0.15) is 56.6 Å². The fourth-order valence-corrected chi connectivity index (χ4v) is 6.12. The topological polar surface area (TPSA) is 64.6 Å². The largest absolute Gasteiger partial charge is 0.497 e. The van der Waals surface area contributed by atoms with E-state index in [1.807, 2.05) is 0 Å². The van der Waals surface area contributed by atoms with E-state index in [-0.39, 0.29) is 11.3 Å². The zero-order valence-corrected chi connectivity index (χ0v) is 17.8. The van der Waals surface area contributed by atoms with Gasteiger partial charge in [-0.1, -0.05) is 19.1 Å². The molecule has 3 aliphatic rings. The van der Waals surface area contributed by atoms with E-state index in [4.69, 9.17) is 9.47 Å². The number of ether oxygens (including phenoxy) is 2. The van der Waals surface area contributed by atoms with E-state index in [1.54, 1.807) is 14.0 Å². The zero-order chi connectivity index (χ0) is 20.8. The summed E-state index contributed by atoms with van der Waals surface area (Å²) >= 11 is 0. The lowest BCUT2D eigenvalue weighted by atomic mass is 9.54. The maximum absolute atomic E-state index is 13.0. The van der Waals surface area contributed by atoms with Gasteiger partial charge in [-0.2, -0.15) is 0 Å². The van der Waals surface area contributed by atoms with Crippen LogP contribution in [0.5, 0.6) is 5.75 Å². The van der Waals surface area contributed by atoms with Crippen LogP contribution in [0.3, 0.4) is 0 Å². The van der Waals surface area contributed by atoms with Crippen LogP contribution in [-0.2, 0) is 20.7 Å². The summed E-state index contributed by atoms with van der Waals surface area (Å²) in [6.45, 7) is 3.92. The summed E-state index contributed by atoms with van der Waals surface area (Å²) < 4.78 is 10.2. The van der Waals surface area contributed by atoms with Crippen molar-refractivity contribution in [1.82, 2.24) is 5.32 Å². The number of esters is 1. The molecular formula is C24H31NO4. The number of allylic oxidation sites excluding steroid dienone is 1. The number of fused-ring (bicyclic) bond motifs is 5. The molecule has 5 heteroatoms. The highest BCUT2D eigenvalue weighted by Crippen LogP contribution is 2.61. The van der Waals surface area contributed by atoms with Crippen LogP contribution < -0.4 is 10.1 Å². The van der Waals surface area contributed by atoms with Gasteiger partial charge in [-0.25, -0.2) is 4.79 Å². The molecule has 156 valence electrons. The van der Waals surface area contributed by atoms with Crippen LogP contribution in [0.4, 0.5) is 0 Å². The second-order valence-corrected chi connectivity index (χ2v) is 9.01. The third-order valence-electron chi connectivity index (χ3n) is 7.66. The van der Waals surface area contributed by atoms with Gasteiger partial charge in [0, 0.05) is 11.0 Å². The monoisotopic (exact) mass is 397 g/mol. The number of hydrogen-bond donors (Lipinski definition) is 1. The predicted molar refractivity (Wildman–Crippen MR) is 111 cm³/mol. The second kappa shape index (κ2) is 7.51. The van der Waals surface area contributed by atoms with Gasteiger partial charge < -0.3 is 14.8 Å². The van der Waals surface area contributed by atoms with Gasteiger partial charge in [-0.15, -0.1) is 0 Å². The van der Waals surface area contributed by atoms with Crippen molar-refractivity contribution >= 4 is 11.9 Å². The molecule has 5 atom stereocenters. The Labute approximate surface area is 172 Å². The SMILES string of the molecule is COC(=O)C(C)NC(=O)C1=CC[C@H]2[C@@H]3CCc4cc(OC)ccc4[C@H]3CC[C@@]12C. The fourth-order valence-electron chi connectivity index (χ4n) is 6.12. The number of carbonyl (C=O) groups is 2. The first-order valence-electron chi connectivity index (χ1n) is 10.6. The first kappa shape index (κ1) is 20.0. The number of benzene rings is 1. The molecule has 3 aliphatic carbocycles. The molecule has 29 heavy (non-hydrogen) atoms. The van der Waals surface area contributed by atoms with E-state index in [0.29, 0.717) is 17.8 Å². The van der Waals surface area contributed by atoms with E-state index in [2.05, 4.69) is 36.5 Å². The molecule has 1 aromatic carbocycles. The molecule has 1 amide bonds. The van der Waals surface area contributed by atoms with Gasteiger partial charge in [0.25, 0.3) is 0 Å². The minimum Gasteiger partial charge on any atom is -0.497 e. The van der Waals surface area contributed by atoms with Crippen molar-refractivity contribution < 1.29 is 19.1 Å². The van der Waals surface area contributed by atoms with Crippen LogP contribution in [0.15, 0.2) is 29.8 Å². The summed E-state index contributed by atoms with van der Waals surface area (Å²) in [6, 6.07) is 5.89. The molecular weight excluding hydrogens is 366 g/mol. The molecule has 1 saturated carbocycles. The van der Waals surface area contributed by atoms with Crippen molar-refractivity contribution in [2.24, 2.45) is 17.3 Å². The number of aryl methyl sites for hydroxylation is 1. The van der Waals surface area contributed by atoms with Gasteiger partial charge in [-0.3, -0.25) is 4.79 Å². The Hall–Kier alpha value is -2.30. The average molecular weight is 398 g/mol. The Bertz CT molecular complexity index is 860. The lowest BCUT2D eigenvalue weighted by Crippen LogP contribution is -2.46. The fraction of sp³-hybridized carbons (Fsp3) is 0.583. The number of amides is 1. The first-order valence-corrected chi connectivity index (χ1v) is 10.6. The van der Waals surface area contributed by atoms with E-state index in [0.717, 1.165) is 43.4 Å². The minimum atomic E-state index is -0.635. The Morgan fingerprint density at radius 3 is 2.76 bits per heavy atom. The van der Waals surface area contributed by atoms with Crippen LogP contribution in [0, 0.1) is 17.3 Å². The molecule has 1 fully saturated rings. The van der Waals surface area contributed by atoms with Gasteiger partial charge in [0.2, 0.25) is 5.91 Å². The van der Waals surface area contributed by atoms with Crippen molar-refractivity contribution in [3.05, 3.63) is 41.0 Å². The highest BCUT2D eigenvalue weighted by Gasteiger charge is 2.53. The summed E-state index contributed by atoms with van der Waals surface area (Å²) in [6.07, 6.45) is 7.38. The highest BCUT2D eigenvalue weighted by molar-refractivity contribution is 5.97. The molecule has 0 aromatic heterocycles. The summed E-state index contributed by atoms with van der Waals surface area (Å²) in [4.78, 5) is 24.7. The highest BCUT2D eigenvalue weighted by atomic mass is 16.5. The Balaban J connectivity index is 1.53. The number of rotatable bonds is 4. The Morgan fingerprint density at radius 2 is 2.03 bits per heavy atom. The average Bonchev–Trinajstić information content (AvgIpc) is 3.09. The third-order valence-corrected chi connectivity index (χ3v) is 7.66. The second-order valence-electron chi connectivity index (χ2n) is 9.01. The molecule has 1 unspecified atom stereocenters. The van der Waals surface area contributed by atoms with Gasteiger partial charge >= 0.3 is 5.97 Å². The van der Waals surface area contributed by atoms with Crippen molar-refractivity contribution in [3.8, 4) is 5.75 Å². The molecule has 1 aromatic rings. The Morgan fingerprint density at radius 1 is 1.24 bits per heavy atom. The van der Waals surface area contributed by atoms with Gasteiger partial charge in [0.05, 0.1) is 14.2 Å². The lowest BCUT2D eigenvalue weighted by molar-refractivity contribution is -0.144. The van der Waals surface area contributed by atoms with Gasteiger partial charge in [0.15, 0.2) is 0 Å². The summed E-state index contributed by atoms with van der Waals surface area (Å²) in [7, 11) is 3.06. The molecule has 0 saturated heterocycles. The van der Waals surface area contributed by atoms with Crippen LogP contribution in [0.25, 0.3) is 0 Å². The van der Waals surface area contributed by atoms with Crippen molar-refractivity contribution in [3.63, 3.8) is 0 Å². The lowest BCUT2D eigenvalue weighted by Gasteiger charge is -2.50. The van der Waals surface area contributed by atoms with Crippen molar-refractivity contribution in [2.75, 3.05) is 14.2 Å². The standard InChI is InChI=1S/C24H31NO4/c1-14(23(27)29-4)25-22(26)21-10-9-20-19-7-5-15-13-16(28-3)6-8-17(15)18(19)11-12-24(20,21)2/h6,8,10,13-14,18-20H,5,7,9,11-12H2,1-4H3,(H,25,26)/t14?,18-,19-,20+,24-/m1/s1. The van der Waals surface area contributed by atoms with E-state index in [1.165, 1.54) is 18.2 Å². The van der Waals surface area contributed by atoms with Crippen LogP contribution in [0.2, 0.25) is 0 Å². The quantitative estimate of drug-likeness (QED) is 0.786. The number of nitrogens with one attached hydrogen (secondary N) is 1. The van der Waals surface area contributed by atoms with E-state index < -0.39 is 12.0 Å². The van der Waals surface area contributed by atoms with Gasteiger partial charge in [0.1, 0.15) is 11.8 Å². The van der Waals surface area contributed by atoms with Crippen LogP contribution in [-0.4, -0.2) is 32.1 Å². The Kier molecular flexibility index (Phi) is 5.18. The van der Waals surface area contributed by atoms with E-state index >= 15 is 0 Å². The normalized spacial score (nSPS) is 30.9. The molecule has 4 rings (SSSR count). The van der Waals surface area contributed by atoms with Gasteiger partial charge in [-0.05, 0) is 80.0 Å². The number of methoxy groups -OCH3 is 2. The number of hydrogen-bond acceptors (Lipinski definition) is 4. The smallest absolute Gasteiger partial charge is 0.328 e. The van der Waals surface area contributed by atoms with E-state index in [9.17, 15) is 9.59 Å². The van der Waals surface area contributed by atoms with Crippen LogP contribution >= 0.6 is 0 Å². The molecule has 0 spiro atoms. The van der Waals surface area contributed by atoms with Crippen molar-refractivity contribution in [1.29, 1.82) is 0 Å². The molecule has 0 radical (unpaired) electrons. The zero-order valence-electron chi connectivity index (χ0n) is 17.8. The molecule has 0 bridgehead atoms. The molecule has 1 N–H and O–H groups in total. The molecule has 0 heterocycles. The maximum Gasteiger partial charge on any atom is 0.328 e. The molecule has 0 aliphatic heterocycles. The maximum atomic E-state index is 13.0. The summed E-state index contributed by atoms with van der Waals surface area (Å²) in [5.74, 6) is 2.03. The minimum absolute atomic E-state index is 0.118. The molecule has 5 nitrogen and oxygen atoms in total. The third kappa shape index (κ3) is 3.24.